The van der Waals surface area contributed by atoms with Crippen LogP contribution in [0.1, 0.15) is 65.7 Å². The lowest BCUT2D eigenvalue weighted by molar-refractivity contribution is -0.137. The second-order valence-corrected chi connectivity index (χ2v) is 11.3. The van der Waals surface area contributed by atoms with Crippen LogP contribution in [-0.2, 0) is 40.1 Å². The standard InChI is InChI=1S/C32H44N6O9/c1-21(2)29(37-26(41)8-4-3-5-17-38-27(42)13-14-28(38)43)25(40)19-23(7-6-15-34-31(33)45)30(44)36-24-11-9-22(10-12-24)20-47-32(46)35-16-18-39/h9-14,18,21,23,29H,3-8,15-17,19-20H2,1-2H3,(H,35,46)(H,36,44)(H,37,41)(H3,33,34,45)/t23-,29+/m1/s1/i18D. The number of primary amides is 1. The number of anilines is 1. The van der Waals surface area contributed by atoms with Crippen molar-refractivity contribution in [1.82, 2.24) is 20.9 Å². The summed E-state index contributed by atoms with van der Waals surface area (Å²) in [5, 5.41) is 10.2. The van der Waals surface area contributed by atoms with Gasteiger partial charge in [0, 0.05) is 49.7 Å². The number of nitrogens with one attached hydrogen (secondary N) is 4. The third-order valence-electron chi connectivity index (χ3n) is 7.26. The van der Waals surface area contributed by atoms with Crippen LogP contribution in [0.15, 0.2) is 36.4 Å². The molecule has 0 aliphatic carbocycles. The number of unbranched alkanes of at least 4 members (excludes halogenated alkanes) is 2. The topological polar surface area (TPSA) is 223 Å². The summed E-state index contributed by atoms with van der Waals surface area (Å²) in [5.74, 6) is -2.83. The number of nitrogens with two attached hydrogens (primary N) is 1. The van der Waals surface area contributed by atoms with Crippen LogP contribution < -0.4 is 27.0 Å². The van der Waals surface area contributed by atoms with Crippen LogP contribution in [0.5, 0.6) is 0 Å². The predicted molar refractivity (Wildman–Crippen MR) is 170 cm³/mol. The van der Waals surface area contributed by atoms with Crippen molar-refractivity contribution in [1.29, 1.82) is 0 Å². The number of amides is 7. The number of hydrogen-bond acceptors (Lipinski definition) is 9. The van der Waals surface area contributed by atoms with Crippen molar-refractivity contribution in [3.63, 3.8) is 0 Å². The maximum Gasteiger partial charge on any atom is 0.407 e. The predicted octanol–water partition coefficient (Wildman–Crippen LogP) is 1.70. The maximum absolute atomic E-state index is 13.4. The number of carbonyl (C=O) groups is 8. The minimum atomic E-state index is -0.963. The molecule has 1 aromatic carbocycles. The number of hydrogen-bond donors (Lipinski definition) is 5. The van der Waals surface area contributed by atoms with Crippen LogP contribution in [0.4, 0.5) is 15.3 Å². The molecule has 0 saturated carbocycles. The molecule has 256 valence electrons. The highest BCUT2D eigenvalue weighted by atomic mass is 16.5. The Morgan fingerprint density at radius 2 is 1.66 bits per heavy atom. The third kappa shape index (κ3) is 14.3. The number of rotatable bonds is 21. The second kappa shape index (κ2) is 20.1. The first-order valence-electron chi connectivity index (χ1n) is 16.0. The summed E-state index contributed by atoms with van der Waals surface area (Å²) < 4.78 is 11.8. The van der Waals surface area contributed by atoms with E-state index in [-0.39, 0.29) is 68.4 Å². The molecular weight excluding hydrogens is 612 g/mol. The molecule has 6 N–H and O–H groups in total. The number of imide groups is 1. The summed E-state index contributed by atoms with van der Waals surface area (Å²) >= 11 is 0. The van der Waals surface area contributed by atoms with E-state index in [1.807, 2.05) is 0 Å². The summed E-state index contributed by atoms with van der Waals surface area (Å²) in [6, 6.07) is 4.86. The van der Waals surface area contributed by atoms with Gasteiger partial charge in [-0.05, 0) is 49.3 Å². The third-order valence-corrected chi connectivity index (χ3v) is 7.26. The molecular formula is C32H44N6O9. The summed E-state index contributed by atoms with van der Waals surface area (Å²) in [5.41, 5.74) is 6.14. The van der Waals surface area contributed by atoms with Gasteiger partial charge in [0.15, 0.2) is 5.78 Å². The van der Waals surface area contributed by atoms with Gasteiger partial charge in [0.05, 0.1) is 12.6 Å². The normalized spacial score (nSPS) is 13.9. The number of carbonyl (C=O) groups excluding carboxylic acids is 8. The van der Waals surface area contributed by atoms with Crippen LogP contribution in [0.2, 0.25) is 0 Å². The van der Waals surface area contributed by atoms with E-state index < -0.39 is 42.8 Å². The minimum Gasteiger partial charge on any atom is -0.445 e. The zero-order valence-electron chi connectivity index (χ0n) is 27.7. The van der Waals surface area contributed by atoms with E-state index in [1.54, 1.807) is 38.1 Å². The Balaban J connectivity index is 1.93. The summed E-state index contributed by atoms with van der Waals surface area (Å²) in [6.45, 7) is 3.47. The van der Waals surface area contributed by atoms with Crippen LogP contribution in [0.3, 0.4) is 0 Å². The molecule has 0 radical (unpaired) electrons. The Labute approximate surface area is 274 Å². The molecule has 7 amide bonds. The number of alkyl carbamates (subject to hydrolysis) is 1. The number of nitrogens with zero attached hydrogens (tertiary/aromatic N) is 1. The molecule has 2 atom stereocenters. The van der Waals surface area contributed by atoms with E-state index in [4.69, 9.17) is 11.8 Å². The summed E-state index contributed by atoms with van der Waals surface area (Å²) in [4.78, 5) is 97.2. The van der Waals surface area contributed by atoms with E-state index in [1.165, 1.54) is 12.2 Å². The van der Waals surface area contributed by atoms with Crippen molar-refractivity contribution in [2.24, 2.45) is 17.6 Å². The Hall–Kier alpha value is -5.08. The molecule has 15 heteroatoms. The fraction of sp³-hybridized carbons (Fsp3) is 0.500. The molecule has 1 aliphatic heterocycles. The van der Waals surface area contributed by atoms with Gasteiger partial charge in [-0.25, -0.2) is 9.59 Å². The number of Topliss-reactive ketones (excluding diaryl/α,β-unsaturated/α-hetero) is 1. The van der Waals surface area contributed by atoms with Crippen LogP contribution in [0, 0.1) is 11.8 Å². The SMILES string of the molecule is [2H]C(=O)CNC(=O)OCc1ccc(NC(=O)[C@H](CCCNC(N)=O)CC(=O)[C@@H](NC(=O)CCCCCN2C(=O)C=CC2=O)C(C)C)cc1. The highest BCUT2D eigenvalue weighted by Gasteiger charge is 2.29. The van der Waals surface area contributed by atoms with Gasteiger partial charge in [-0.3, -0.25) is 28.9 Å². The van der Waals surface area contributed by atoms with Gasteiger partial charge in [-0.2, -0.15) is 0 Å². The van der Waals surface area contributed by atoms with Gasteiger partial charge < -0.3 is 36.5 Å². The molecule has 0 bridgehead atoms. The minimum absolute atomic E-state index is 0.114. The number of aldehydes is 1. The fourth-order valence-corrected chi connectivity index (χ4v) is 4.74. The van der Waals surface area contributed by atoms with Gasteiger partial charge in [0.25, 0.3) is 11.8 Å². The monoisotopic (exact) mass is 657 g/mol. The van der Waals surface area contributed by atoms with Crippen molar-refractivity contribution in [3.8, 4) is 0 Å². The van der Waals surface area contributed by atoms with Gasteiger partial charge in [0.1, 0.15) is 14.2 Å². The van der Waals surface area contributed by atoms with Gasteiger partial charge >= 0.3 is 12.1 Å². The fourth-order valence-electron chi connectivity index (χ4n) is 4.74. The highest BCUT2D eigenvalue weighted by molar-refractivity contribution is 6.12. The molecule has 2 rings (SSSR count). The van der Waals surface area contributed by atoms with E-state index in [0.717, 1.165) is 4.90 Å². The Morgan fingerprint density at radius 3 is 2.28 bits per heavy atom. The number of ether oxygens (including phenoxy) is 1. The molecule has 0 aromatic heterocycles. The average Bonchev–Trinajstić information content (AvgIpc) is 3.35. The molecule has 1 aromatic rings. The largest absolute Gasteiger partial charge is 0.445 e. The second-order valence-electron chi connectivity index (χ2n) is 11.3. The molecule has 1 heterocycles. The van der Waals surface area contributed by atoms with Crippen LogP contribution >= 0.6 is 0 Å². The smallest absolute Gasteiger partial charge is 0.407 e. The van der Waals surface area contributed by atoms with Gasteiger partial charge in [-0.15, -0.1) is 0 Å². The first-order chi connectivity index (χ1) is 22.8. The first-order valence-corrected chi connectivity index (χ1v) is 15.5. The number of urea groups is 1. The Morgan fingerprint density at radius 1 is 0.979 bits per heavy atom. The maximum atomic E-state index is 13.4. The van der Waals surface area contributed by atoms with Crippen LogP contribution in [0.25, 0.3) is 0 Å². The molecule has 0 fully saturated rings. The van der Waals surface area contributed by atoms with Gasteiger partial charge in [0.2, 0.25) is 11.8 Å². The quantitative estimate of drug-likeness (QED) is 0.0736. The van der Waals surface area contributed by atoms with Crippen molar-refractivity contribution >= 4 is 53.5 Å². The first kappa shape index (κ1) is 36.4. The molecule has 0 saturated heterocycles. The lowest BCUT2D eigenvalue weighted by Gasteiger charge is -2.24. The lowest BCUT2D eigenvalue weighted by Crippen LogP contribution is -2.45. The molecule has 15 nitrogen and oxygen atoms in total. The molecule has 0 unspecified atom stereocenters. The van der Waals surface area contributed by atoms with Crippen LogP contribution in [-0.4, -0.2) is 78.4 Å². The zero-order valence-corrected chi connectivity index (χ0v) is 26.7. The average molecular weight is 658 g/mol. The number of ketones is 1. The van der Waals surface area contributed by atoms with E-state index >= 15 is 0 Å². The molecule has 47 heavy (non-hydrogen) atoms. The van der Waals surface area contributed by atoms with Gasteiger partial charge in [-0.1, -0.05) is 32.4 Å². The van der Waals surface area contributed by atoms with Crippen molar-refractivity contribution in [2.75, 3.05) is 25.0 Å². The summed E-state index contributed by atoms with van der Waals surface area (Å²) in [7, 11) is 0. The van der Waals surface area contributed by atoms with E-state index in [2.05, 4.69) is 21.3 Å². The number of benzene rings is 1. The van der Waals surface area contributed by atoms with Crippen molar-refractivity contribution in [2.45, 2.75) is 71.4 Å². The highest BCUT2D eigenvalue weighted by Crippen LogP contribution is 2.20. The Bertz CT molecular complexity index is 1350. The van der Waals surface area contributed by atoms with E-state index in [9.17, 15) is 38.4 Å². The van der Waals surface area contributed by atoms with Crippen molar-refractivity contribution < 1.29 is 44.5 Å². The molecule has 0 spiro atoms. The Kier molecular flexibility index (Phi) is 15.6. The lowest BCUT2D eigenvalue weighted by atomic mass is 9.89. The summed E-state index contributed by atoms with van der Waals surface area (Å²) in [6.07, 6.45) is 2.86. The van der Waals surface area contributed by atoms with E-state index in [0.29, 0.717) is 36.9 Å². The zero-order chi connectivity index (χ0) is 35.6. The van der Waals surface area contributed by atoms with Crippen molar-refractivity contribution in [3.05, 3.63) is 42.0 Å². The molecule has 1 aliphatic rings.